The number of rotatable bonds is 3. The molecule has 2 aromatic rings. The average Bonchev–Trinajstić information content (AvgIpc) is 2.90. The first kappa shape index (κ1) is 16.6. The van der Waals surface area contributed by atoms with Crippen LogP contribution in [0.25, 0.3) is 0 Å². The minimum absolute atomic E-state index is 0.0109. The second kappa shape index (κ2) is 6.67. The fourth-order valence-corrected chi connectivity index (χ4v) is 3.27. The highest BCUT2D eigenvalue weighted by Crippen LogP contribution is 2.27. The van der Waals surface area contributed by atoms with Crippen molar-refractivity contribution in [2.75, 3.05) is 13.1 Å². The Labute approximate surface area is 142 Å². The minimum Gasteiger partial charge on any atom is -0.490 e. The fourth-order valence-electron chi connectivity index (χ4n) is 3.27. The number of nitrogens with zero attached hydrogens (tertiary/aromatic N) is 2. The minimum atomic E-state index is 0.0109. The van der Waals surface area contributed by atoms with E-state index in [0.717, 1.165) is 29.7 Å². The Hall–Kier alpha value is -2.30. The lowest BCUT2D eigenvalue weighted by atomic mass is 10.0. The molecule has 128 valence electrons. The van der Waals surface area contributed by atoms with Gasteiger partial charge in [-0.15, -0.1) is 0 Å². The lowest BCUT2D eigenvalue weighted by Gasteiger charge is -2.32. The quantitative estimate of drug-likeness (QED) is 0.864. The Kier molecular flexibility index (Phi) is 4.60. The molecule has 2 heterocycles. The van der Waals surface area contributed by atoms with Gasteiger partial charge in [0.05, 0.1) is 5.69 Å². The van der Waals surface area contributed by atoms with E-state index in [4.69, 9.17) is 9.26 Å². The van der Waals surface area contributed by atoms with E-state index in [1.54, 1.807) is 13.8 Å². The summed E-state index contributed by atoms with van der Waals surface area (Å²) in [4.78, 5) is 14.5. The van der Waals surface area contributed by atoms with E-state index in [1.807, 2.05) is 11.0 Å². The highest BCUT2D eigenvalue weighted by molar-refractivity contribution is 5.96. The van der Waals surface area contributed by atoms with Crippen LogP contribution < -0.4 is 4.74 Å². The standard InChI is InChI=1S/C19H24N2O3/c1-12-6-5-7-13(2)18(12)23-16-8-10-21(11-9-16)19(22)17-14(3)20-24-15(17)4/h5-7,16H,8-11H2,1-4H3. The zero-order valence-electron chi connectivity index (χ0n) is 14.8. The van der Waals surface area contributed by atoms with Crippen molar-refractivity contribution in [2.24, 2.45) is 0 Å². The van der Waals surface area contributed by atoms with Gasteiger partial charge in [-0.05, 0) is 38.8 Å². The summed E-state index contributed by atoms with van der Waals surface area (Å²) in [5.74, 6) is 1.58. The summed E-state index contributed by atoms with van der Waals surface area (Å²) < 4.78 is 11.3. The summed E-state index contributed by atoms with van der Waals surface area (Å²) >= 11 is 0. The molecule has 1 aromatic carbocycles. The van der Waals surface area contributed by atoms with Gasteiger partial charge in [-0.3, -0.25) is 4.79 Å². The van der Waals surface area contributed by atoms with Crippen LogP contribution in [0.2, 0.25) is 0 Å². The number of likely N-dealkylation sites (tertiary alicyclic amines) is 1. The Morgan fingerprint density at radius 2 is 1.79 bits per heavy atom. The van der Waals surface area contributed by atoms with Crippen LogP contribution in [0.1, 0.15) is 45.8 Å². The Bertz CT molecular complexity index is 703. The predicted octanol–water partition coefficient (Wildman–Crippen LogP) is 3.59. The molecule has 1 saturated heterocycles. The molecule has 0 unspecified atom stereocenters. The number of benzene rings is 1. The van der Waals surface area contributed by atoms with E-state index < -0.39 is 0 Å². The molecule has 5 heteroatoms. The van der Waals surface area contributed by atoms with Gasteiger partial charge in [0.1, 0.15) is 23.2 Å². The molecule has 0 bridgehead atoms. The van der Waals surface area contributed by atoms with Crippen LogP contribution in [-0.2, 0) is 0 Å². The Morgan fingerprint density at radius 3 is 2.33 bits per heavy atom. The fraction of sp³-hybridized carbons (Fsp3) is 0.474. The third kappa shape index (κ3) is 3.16. The number of piperidine rings is 1. The molecule has 0 radical (unpaired) electrons. The van der Waals surface area contributed by atoms with Crippen LogP contribution in [0, 0.1) is 27.7 Å². The summed E-state index contributed by atoms with van der Waals surface area (Å²) in [5.41, 5.74) is 3.57. The Morgan fingerprint density at radius 1 is 1.17 bits per heavy atom. The van der Waals surface area contributed by atoms with Crippen molar-refractivity contribution in [3.63, 3.8) is 0 Å². The number of para-hydroxylation sites is 1. The zero-order chi connectivity index (χ0) is 17.3. The molecule has 3 rings (SSSR count). The maximum atomic E-state index is 12.7. The topological polar surface area (TPSA) is 55.6 Å². The van der Waals surface area contributed by atoms with E-state index >= 15 is 0 Å². The van der Waals surface area contributed by atoms with Gasteiger partial charge in [0, 0.05) is 25.9 Å². The lowest BCUT2D eigenvalue weighted by Crippen LogP contribution is -2.42. The third-order valence-electron chi connectivity index (χ3n) is 4.67. The summed E-state index contributed by atoms with van der Waals surface area (Å²) in [6.07, 6.45) is 1.82. The van der Waals surface area contributed by atoms with Gasteiger partial charge in [-0.1, -0.05) is 23.4 Å². The van der Waals surface area contributed by atoms with Crippen molar-refractivity contribution in [1.29, 1.82) is 0 Å². The molecule has 1 aliphatic rings. The number of hydrogen-bond donors (Lipinski definition) is 0. The summed E-state index contributed by atoms with van der Waals surface area (Å²) in [7, 11) is 0. The summed E-state index contributed by atoms with van der Waals surface area (Å²) in [5, 5.41) is 3.88. The highest BCUT2D eigenvalue weighted by atomic mass is 16.5. The molecule has 1 aromatic heterocycles. The molecule has 0 spiro atoms. The first-order valence-corrected chi connectivity index (χ1v) is 8.42. The van der Waals surface area contributed by atoms with E-state index in [2.05, 4.69) is 31.1 Å². The molecule has 1 aliphatic heterocycles. The van der Waals surface area contributed by atoms with Gasteiger partial charge in [0.2, 0.25) is 0 Å². The molecule has 0 aliphatic carbocycles. The number of aromatic nitrogens is 1. The third-order valence-corrected chi connectivity index (χ3v) is 4.67. The first-order chi connectivity index (χ1) is 11.5. The summed E-state index contributed by atoms with van der Waals surface area (Å²) in [6, 6.07) is 6.18. The molecule has 24 heavy (non-hydrogen) atoms. The molecule has 0 saturated carbocycles. The number of aryl methyl sites for hydroxylation is 4. The van der Waals surface area contributed by atoms with Crippen molar-refractivity contribution in [3.8, 4) is 5.75 Å². The molecule has 5 nitrogen and oxygen atoms in total. The molecule has 1 amide bonds. The van der Waals surface area contributed by atoms with Crippen LogP contribution in [0.4, 0.5) is 0 Å². The van der Waals surface area contributed by atoms with Crippen molar-refractivity contribution in [1.82, 2.24) is 10.1 Å². The number of amides is 1. The van der Waals surface area contributed by atoms with Gasteiger partial charge in [0.15, 0.2) is 0 Å². The van der Waals surface area contributed by atoms with Gasteiger partial charge in [-0.25, -0.2) is 0 Å². The van der Waals surface area contributed by atoms with E-state index in [-0.39, 0.29) is 12.0 Å². The predicted molar refractivity (Wildman–Crippen MR) is 91.4 cm³/mol. The molecular weight excluding hydrogens is 304 g/mol. The first-order valence-electron chi connectivity index (χ1n) is 8.42. The van der Waals surface area contributed by atoms with Gasteiger partial charge >= 0.3 is 0 Å². The van der Waals surface area contributed by atoms with Crippen LogP contribution in [-0.4, -0.2) is 35.2 Å². The van der Waals surface area contributed by atoms with Crippen LogP contribution in [0.15, 0.2) is 22.7 Å². The maximum absolute atomic E-state index is 12.7. The molecule has 0 N–H and O–H groups in total. The number of carbonyl (C=O) groups is 1. The largest absolute Gasteiger partial charge is 0.490 e. The van der Waals surface area contributed by atoms with Crippen molar-refractivity contribution in [2.45, 2.75) is 46.6 Å². The monoisotopic (exact) mass is 328 g/mol. The SMILES string of the molecule is Cc1cccc(C)c1OC1CCN(C(=O)c2c(C)noc2C)CC1. The van der Waals surface area contributed by atoms with Crippen LogP contribution >= 0.6 is 0 Å². The molecular formula is C19H24N2O3. The van der Waals surface area contributed by atoms with Crippen LogP contribution in [0.3, 0.4) is 0 Å². The smallest absolute Gasteiger partial charge is 0.259 e. The number of carbonyl (C=O) groups excluding carboxylic acids is 1. The number of hydrogen-bond acceptors (Lipinski definition) is 4. The van der Waals surface area contributed by atoms with Gasteiger partial charge in [-0.2, -0.15) is 0 Å². The normalized spacial score (nSPS) is 15.6. The van der Waals surface area contributed by atoms with Crippen LogP contribution in [0.5, 0.6) is 5.75 Å². The lowest BCUT2D eigenvalue weighted by molar-refractivity contribution is 0.0591. The van der Waals surface area contributed by atoms with Gasteiger partial charge < -0.3 is 14.2 Å². The summed E-state index contributed by atoms with van der Waals surface area (Å²) in [6.45, 7) is 9.11. The van der Waals surface area contributed by atoms with Crippen molar-refractivity contribution >= 4 is 5.91 Å². The second-order valence-electron chi connectivity index (χ2n) is 6.53. The second-order valence-corrected chi connectivity index (χ2v) is 6.53. The van der Waals surface area contributed by atoms with Crippen molar-refractivity contribution < 1.29 is 14.1 Å². The maximum Gasteiger partial charge on any atom is 0.259 e. The molecule has 0 atom stereocenters. The molecule has 1 fully saturated rings. The zero-order valence-corrected chi connectivity index (χ0v) is 14.8. The van der Waals surface area contributed by atoms with Gasteiger partial charge in [0.25, 0.3) is 5.91 Å². The Balaban J connectivity index is 1.63. The number of ether oxygens (including phenoxy) is 1. The van der Waals surface area contributed by atoms with Crippen molar-refractivity contribution in [3.05, 3.63) is 46.3 Å². The highest BCUT2D eigenvalue weighted by Gasteiger charge is 2.28. The van der Waals surface area contributed by atoms with E-state index in [9.17, 15) is 4.79 Å². The average molecular weight is 328 g/mol. The van der Waals surface area contributed by atoms with E-state index in [1.165, 1.54) is 0 Å². The van der Waals surface area contributed by atoms with E-state index in [0.29, 0.717) is 30.1 Å².